The Morgan fingerprint density at radius 2 is 1.90 bits per heavy atom. The van der Waals surface area contributed by atoms with Gasteiger partial charge in [-0.3, -0.25) is 4.79 Å². The number of ether oxygens (including phenoxy) is 1. The summed E-state index contributed by atoms with van der Waals surface area (Å²) in [5.41, 5.74) is 0. The van der Waals surface area contributed by atoms with Gasteiger partial charge in [0.05, 0.1) is 19.0 Å². The maximum atomic E-state index is 13.9. The molecule has 1 aliphatic heterocycles. The number of nitrogens with zero attached hydrogens (tertiary/aromatic N) is 1. The minimum absolute atomic E-state index is 0.164. The summed E-state index contributed by atoms with van der Waals surface area (Å²) in [6.07, 6.45) is 1.96. The number of carbonyl (C=O) groups is 1. The van der Waals surface area contributed by atoms with E-state index in [9.17, 15) is 26.0 Å². The van der Waals surface area contributed by atoms with E-state index in [1.54, 1.807) is 6.26 Å². The third-order valence-corrected chi connectivity index (χ3v) is 8.39. The SMILES string of the molecule is CSCCC(NS(=O)(=O)c1ccccc1F)C(=O)NCCS(=O)(=O)N1CCOCC1. The first-order chi connectivity index (χ1) is 14.2. The molecule has 0 radical (unpaired) electrons. The minimum atomic E-state index is -4.27. The fourth-order valence-corrected chi connectivity index (χ4v) is 5.88. The maximum Gasteiger partial charge on any atom is 0.244 e. The first kappa shape index (κ1) is 25.0. The van der Waals surface area contributed by atoms with E-state index in [4.69, 9.17) is 4.74 Å². The van der Waals surface area contributed by atoms with Crippen LogP contribution >= 0.6 is 11.8 Å². The normalized spacial score (nSPS) is 16.9. The summed E-state index contributed by atoms with van der Waals surface area (Å²) in [5, 5.41) is 2.47. The van der Waals surface area contributed by atoms with Crippen LogP contribution in [0.2, 0.25) is 0 Å². The Balaban J connectivity index is 2.00. The average molecular weight is 484 g/mol. The molecule has 30 heavy (non-hydrogen) atoms. The van der Waals surface area contributed by atoms with Gasteiger partial charge in [0.15, 0.2) is 0 Å². The molecule has 0 spiro atoms. The highest BCUT2D eigenvalue weighted by molar-refractivity contribution is 7.98. The van der Waals surface area contributed by atoms with Gasteiger partial charge < -0.3 is 10.1 Å². The fourth-order valence-electron chi connectivity index (χ4n) is 2.77. The van der Waals surface area contributed by atoms with Crippen molar-refractivity contribution in [1.29, 1.82) is 0 Å². The van der Waals surface area contributed by atoms with E-state index >= 15 is 0 Å². The number of rotatable bonds is 11. The van der Waals surface area contributed by atoms with Gasteiger partial charge in [0, 0.05) is 19.6 Å². The van der Waals surface area contributed by atoms with Gasteiger partial charge in [0.2, 0.25) is 26.0 Å². The molecule has 1 heterocycles. The molecule has 1 saturated heterocycles. The number of amides is 1. The Morgan fingerprint density at radius 3 is 2.53 bits per heavy atom. The molecule has 1 amide bonds. The summed E-state index contributed by atoms with van der Waals surface area (Å²) >= 11 is 1.42. The number of nitrogens with one attached hydrogen (secondary N) is 2. The Labute approximate surface area is 180 Å². The Kier molecular flexibility index (Phi) is 9.50. The summed E-state index contributed by atoms with van der Waals surface area (Å²) in [7, 11) is -7.83. The van der Waals surface area contributed by atoms with Gasteiger partial charge in [-0.05, 0) is 30.6 Å². The lowest BCUT2D eigenvalue weighted by atomic mass is 10.2. The fraction of sp³-hybridized carbons (Fsp3) is 0.588. The van der Waals surface area contributed by atoms with Crippen molar-refractivity contribution in [3.05, 3.63) is 30.1 Å². The van der Waals surface area contributed by atoms with Crippen molar-refractivity contribution in [2.75, 3.05) is 50.6 Å². The minimum Gasteiger partial charge on any atom is -0.379 e. The van der Waals surface area contributed by atoms with Crippen molar-refractivity contribution in [3.63, 3.8) is 0 Å². The molecular formula is C17H26FN3O6S3. The summed E-state index contributed by atoms with van der Waals surface area (Å²) in [4.78, 5) is 12.0. The first-order valence-corrected chi connectivity index (χ1v) is 13.7. The van der Waals surface area contributed by atoms with Crippen molar-refractivity contribution >= 4 is 37.7 Å². The Bertz CT molecular complexity index is 920. The topological polar surface area (TPSA) is 122 Å². The number of halogens is 1. The van der Waals surface area contributed by atoms with Crippen molar-refractivity contribution in [2.24, 2.45) is 0 Å². The molecule has 0 aliphatic carbocycles. The van der Waals surface area contributed by atoms with Crippen LogP contribution in [0.25, 0.3) is 0 Å². The summed E-state index contributed by atoms with van der Waals surface area (Å²) in [5.74, 6) is -1.43. The molecule has 1 atom stereocenters. The molecule has 2 rings (SSSR count). The van der Waals surface area contributed by atoms with Crippen LogP contribution in [0.3, 0.4) is 0 Å². The molecule has 1 fully saturated rings. The largest absolute Gasteiger partial charge is 0.379 e. The molecular weight excluding hydrogens is 457 g/mol. The Morgan fingerprint density at radius 1 is 1.23 bits per heavy atom. The van der Waals surface area contributed by atoms with Crippen molar-refractivity contribution < 1.29 is 30.8 Å². The molecule has 1 aliphatic rings. The Hall–Kier alpha value is -1.25. The highest BCUT2D eigenvalue weighted by Crippen LogP contribution is 2.15. The molecule has 1 unspecified atom stereocenters. The van der Waals surface area contributed by atoms with Crippen LogP contribution in [-0.2, 0) is 29.6 Å². The van der Waals surface area contributed by atoms with Crippen LogP contribution in [0.1, 0.15) is 6.42 Å². The van der Waals surface area contributed by atoms with E-state index in [1.165, 1.54) is 28.2 Å². The number of morpholine rings is 1. The molecule has 0 saturated carbocycles. The van der Waals surface area contributed by atoms with Gasteiger partial charge in [0.1, 0.15) is 16.8 Å². The van der Waals surface area contributed by atoms with Crippen molar-refractivity contribution in [3.8, 4) is 0 Å². The number of carbonyl (C=O) groups excluding carboxylic acids is 1. The smallest absolute Gasteiger partial charge is 0.244 e. The monoisotopic (exact) mass is 483 g/mol. The molecule has 13 heteroatoms. The van der Waals surface area contributed by atoms with E-state index in [1.807, 2.05) is 0 Å². The van der Waals surface area contributed by atoms with E-state index in [-0.39, 0.29) is 31.8 Å². The third-order valence-electron chi connectivity index (χ3n) is 4.37. The number of hydrogen-bond donors (Lipinski definition) is 2. The lowest BCUT2D eigenvalue weighted by molar-refractivity contribution is -0.122. The lowest BCUT2D eigenvalue weighted by Gasteiger charge is -2.26. The van der Waals surface area contributed by atoms with Crippen LogP contribution in [0, 0.1) is 5.82 Å². The van der Waals surface area contributed by atoms with E-state index in [0.29, 0.717) is 19.0 Å². The number of thioether (sulfide) groups is 1. The zero-order chi connectivity index (χ0) is 22.2. The molecule has 0 bridgehead atoms. The summed E-state index contributed by atoms with van der Waals surface area (Å²) in [6.45, 7) is 0.986. The van der Waals surface area contributed by atoms with E-state index < -0.39 is 42.7 Å². The quantitative estimate of drug-likeness (QED) is 0.454. The highest BCUT2D eigenvalue weighted by atomic mass is 32.2. The average Bonchev–Trinajstić information content (AvgIpc) is 2.71. The third kappa shape index (κ3) is 7.17. The van der Waals surface area contributed by atoms with Crippen LogP contribution in [0.4, 0.5) is 4.39 Å². The second-order valence-electron chi connectivity index (χ2n) is 6.50. The lowest BCUT2D eigenvalue weighted by Crippen LogP contribution is -2.49. The summed E-state index contributed by atoms with van der Waals surface area (Å²) < 4.78 is 72.2. The highest BCUT2D eigenvalue weighted by Gasteiger charge is 2.28. The zero-order valence-corrected chi connectivity index (χ0v) is 19.0. The van der Waals surface area contributed by atoms with Crippen LogP contribution in [-0.4, -0.2) is 83.7 Å². The number of sulfonamides is 2. The predicted octanol–water partition coefficient (Wildman–Crippen LogP) is 0.00390. The first-order valence-electron chi connectivity index (χ1n) is 9.26. The number of hydrogen-bond acceptors (Lipinski definition) is 7. The van der Waals surface area contributed by atoms with Crippen LogP contribution in [0.15, 0.2) is 29.2 Å². The molecule has 2 N–H and O–H groups in total. The van der Waals surface area contributed by atoms with Gasteiger partial charge in [-0.1, -0.05) is 12.1 Å². The number of benzene rings is 1. The molecule has 0 aromatic heterocycles. The van der Waals surface area contributed by atoms with Crippen LogP contribution < -0.4 is 10.0 Å². The van der Waals surface area contributed by atoms with Crippen molar-refractivity contribution in [2.45, 2.75) is 17.4 Å². The van der Waals surface area contributed by atoms with Gasteiger partial charge in [-0.25, -0.2) is 21.2 Å². The van der Waals surface area contributed by atoms with Crippen molar-refractivity contribution in [1.82, 2.24) is 14.3 Å². The zero-order valence-electron chi connectivity index (χ0n) is 16.5. The van der Waals surface area contributed by atoms with Gasteiger partial charge in [-0.15, -0.1) is 0 Å². The molecule has 1 aromatic rings. The van der Waals surface area contributed by atoms with E-state index in [2.05, 4.69) is 10.0 Å². The van der Waals surface area contributed by atoms with Gasteiger partial charge in [0.25, 0.3) is 0 Å². The molecule has 1 aromatic carbocycles. The maximum absolute atomic E-state index is 13.9. The second-order valence-corrected chi connectivity index (χ2v) is 11.3. The standard InChI is InChI=1S/C17H26FN3O6S3/c1-28-12-6-15(20-30(25,26)16-5-3-2-4-14(16)18)17(22)19-7-13-29(23,24)21-8-10-27-11-9-21/h2-5,15,20H,6-13H2,1H3,(H,19,22). The predicted molar refractivity (Wildman–Crippen MR) is 113 cm³/mol. The van der Waals surface area contributed by atoms with Gasteiger partial charge >= 0.3 is 0 Å². The molecule has 9 nitrogen and oxygen atoms in total. The van der Waals surface area contributed by atoms with Crippen LogP contribution in [0.5, 0.6) is 0 Å². The molecule has 170 valence electrons. The summed E-state index contributed by atoms with van der Waals surface area (Å²) in [6, 6.07) is 3.71. The van der Waals surface area contributed by atoms with Gasteiger partial charge in [-0.2, -0.15) is 20.8 Å². The second kappa shape index (κ2) is 11.4. The van der Waals surface area contributed by atoms with E-state index in [0.717, 1.165) is 12.1 Å².